The third-order valence-electron chi connectivity index (χ3n) is 4.72. The molecule has 0 atom stereocenters. The summed E-state index contributed by atoms with van der Waals surface area (Å²) in [6.07, 6.45) is 4.40. The number of esters is 1. The third-order valence-corrected chi connectivity index (χ3v) is 4.72. The number of ether oxygens (including phenoxy) is 3. The summed E-state index contributed by atoms with van der Waals surface area (Å²) in [4.78, 5) is 24.3. The van der Waals surface area contributed by atoms with E-state index in [9.17, 15) is 9.59 Å². The lowest BCUT2D eigenvalue weighted by atomic mass is 10.1. The first-order chi connectivity index (χ1) is 14.7. The number of carbonyl (C=O) groups excluding carboxylic acids is 2. The molecular formula is C23H22N2O5. The van der Waals surface area contributed by atoms with Crippen molar-refractivity contribution in [3.63, 3.8) is 0 Å². The van der Waals surface area contributed by atoms with Gasteiger partial charge in [-0.25, -0.2) is 9.80 Å². The van der Waals surface area contributed by atoms with Gasteiger partial charge in [0.2, 0.25) is 0 Å². The fraction of sp³-hybridized carbons (Fsp3) is 0.261. The van der Waals surface area contributed by atoms with Gasteiger partial charge in [-0.3, -0.25) is 4.79 Å². The zero-order chi connectivity index (χ0) is 20.8. The van der Waals surface area contributed by atoms with Crippen molar-refractivity contribution in [3.05, 3.63) is 65.7 Å². The molecule has 2 aliphatic heterocycles. The van der Waals surface area contributed by atoms with Gasteiger partial charge in [0.05, 0.1) is 25.5 Å². The van der Waals surface area contributed by atoms with E-state index in [4.69, 9.17) is 14.2 Å². The quantitative estimate of drug-likeness (QED) is 0.563. The first kappa shape index (κ1) is 19.7. The number of nitrogens with zero attached hydrogens (tertiary/aromatic N) is 2. The van der Waals surface area contributed by atoms with Crippen LogP contribution in [0.1, 0.15) is 24.0 Å². The van der Waals surface area contributed by atoms with Crippen LogP contribution >= 0.6 is 0 Å². The molecule has 7 nitrogen and oxygen atoms in total. The average molecular weight is 406 g/mol. The molecule has 0 saturated heterocycles. The number of benzene rings is 2. The lowest BCUT2D eigenvalue weighted by Crippen LogP contribution is -2.28. The van der Waals surface area contributed by atoms with Crippen molar-refractivity contribution in [3.8, 4) is 11.5 Å². The van der Waals surface area contributed by atoms with E-state index in [-0.39, 0.29) is 12.5 Å². The van der Waals surface area contributed by atoms with Gasteiger partial charge in [-0.05, 0) is 29.3 Å². The normalized spacial score (nSPS) is 15.6. The van der Waals surface area contributed by atoms with Crippen molar-refractivity contribution < 1.29 is 23.8 Å². The molecule has 154 valence electrons. The van der Waals surface area contributed by atoms with E-state index in [1.54, 1.807) is 12.1 Å². The summed E-state index contributed by atoms with van der Waals surface area (Å²) in [6, 6.07) is 15.1. The number of carbonyl (C=O) groups is 2. The first-order valence-electron chi connectivity index (χ1n) is 9.87. The van der Waals surface area contributed by atoms with E-state index in [1.807, 2.05) is 42.5 Å². The standard InChI is InChI=1S/C23H22N2O5/c26-22(25-12-11-19(24-25)18-5-2-1-3-6-18)16-30-23(27)10-8-17-7-9-20-21(15-17)29-14-4-13-28-20/h1-3,5-10,15H,4,11-14,16H2/b10-8+. The van der Waals surface area contributed by atoms with Crippen LogP contribution in [0.25, 0.3) is 6.08 Å². The van der Waals surface area contributed by atoms with E-state index in [0.29, 0.717) is 37.7 Å². The Labute approximate surface area is 174 Å². The van der Waals surface area contributed by atoms with Crippen molar-refractivity contribution in [1.82, 2.24) is 5.01 Å². The van der Waals surface area contributed by atoms with Crippen LogP contribution in [0.5, 0.6) is 11.5 Å². The van der Waals surface area contributed by atoms with Gasteiger partial charge in [-0.1, -0.05) is 36.4 Å². The summed E-state index contributed by atoms with van der Waals surface area (Å²) < 4.78 is 16.3. The maximum atomic E-state index is 12.3. The van der Waals surface area contributed by atoms with Gasteiger partial charge in [0.25, 0.3) is 5.91 Å². The Hall–Kier alpha value is -3.61. The molecule has 2 aromatic carbocycles. The van der Waals surface area contributed by atoms with Gasteiger partial charge >= 0.3 is 5.97 Å². The largest absolute Gasteiger partial charge is 0.490 e. The van der Waals surface area contributed by atoms with E-state index in [0.717, 1.165) is 23.3 Å². The molecule has 1 amide bonds. The Morgan fingerprint density at radius 1 is 1.07 bits per heavy atom. The SMILES string of the molecule is O=C(/C=C/c1ccc2c(c1)OCCCO2)OCC(=O)N1CCC(c2ccccc2)=N1. The monoisotopic (exact) mass is 406 g/mol. The number of hydrogen-bond donors (Lipinski definition) is 0. The number of rotatable bonds is 5. The van der Waals surface area contributed by atoms with Gasteiger partial charge in [-0.2, -0.15) is 5.10 Å². The number of hydrazone groups is 1. The molecule has 0 unspecified atom stereocenters. The minimum absolute atomic E-state index is 0.349. The van der Waals surface area contributed by atoms with Gasteiger partial charge in [0.1, 0.15) is 0 Å². The Bertz CT molecular complexity index is 984. The molecule has 30 heavy (non-hydrogen) atoms. The van der Waals surface area contributed by atoms with Crippen LogP contribution in [-0.4, -0.2) is 49.0 Å². The minimum atomic E-state index is -0.595. The van der Waals surface area contributed by atoms with Gasteiger partial charge < -0.3 is 14.2 Å². The van der Waals surface area contributed by atoms with Crippen LogP contribution < -0.4 is 9.47 Å². The van der Waals surface area contributed by atoms with Crippen LogP contribution in [0, 0.1) is 0 Å². The topological polar surface area (TPSA) is 77.4 Å². The molecule has 0 saturated carbocycles. The third kappa shape index (κ3) is 4.86. The molecule has 2 heterocycles. The van der Waals surface area contributed by atoms with Gasteiger partial charge in [-0.15, -0.1) is 0 Å². The summed E-state index contributed by atoms with van der Waals surface area (Å²) in [5.74, 6) is 0.401. The van der Waals surface area contributed by atoms with Gasteiger partial charge in [0.15, 0.2) is 18.1 Å². The molecule has 4 rings (SSSR count). The van der Waals surface area contributed by atoms with Crippen molar-refractivity contribution in [2.45, 2.75) is 12.8 Å². The fourth-order valence-electron chi connectivity index (χ4n) is 3.17. The smallest absolute Gasteiger partial charge is 0.331 e. The van der Waals surface area contributed by atoms with Crippen molar-refractivity contribution in [2.75, 3.05) is 26.4 Å². The highest BCUT2D eigenvalue weighted by atomic mass is 16.5. The Kier molecular flexibility index (Phi) is 6.08. The number of amides is 1. The second-order valence-electron chi connectivity index (χ2n) is 6.88. The first-order valence-corrected chi connectivity index (χ1v) is 9.87. The second kappa shape index (κ2) is 9.26. The maximum absolute atomic E-state index is 12.3. The molecule has 2 aliphatic rings. The van der Waals surface area contributed by atoms with Crippen molar-refractivity contribution in [1.29, 1.82) is 0 Å². The van der Waals surface area contributed by atoms with Crippen molar-refractivity contribution in [2.24, 2.45) is 5.10 Å². The second-order valence-corrected chi connectivity index (χ2v) is 6.88. The van der Waals surface area contributed by atoms with E-state index >= 15 is 0 Å². The predicted molar refractivity (Wildman–Crippen MR) is 111 cm³/mol. The van der Waals surface area contributed by atoms with Crippen molar-refractivity contribution >= 4 is 23.7 Å². The molecule has 0 N–H and O–H groups in total. The number of hydrogen-bond acceptors (Lipinski definition) is 6. The summed E-state index contributed by atoms with van der Waals surface area (Å²) >= 11 is 0. The summed E-state index contributed by atoms with van der Waals surface area (Å²) in [6.45, 7) is 1.34. The summed E-state index contributed by atoms with van der Waals surface area (Å²) in [5.41, 5.74) is 2.62. The van der Waals surface area contributed by atoms with Crippen LogP contribution in [0.15, 0.2) is 59.7 Å². The van der Waals surface area contributed by atoms with Crippen LogP contribution in [0.3, 0.4) is 0 Å². The van der Waals surface area contributed by atoms with E-state index in [1.165, 1.54) is 11.1 Å². The highest BCUT2D eigenvalue weighted by Gasteiger charge is 2.22. The lowest BCUT2D eigenvalue weighted by Gasteiger charge is -2.10. The van der Waals surface area contributed by atoms with Crippen LogP contribution in [0.2, 0.25) is 0 Å². The lowest BCUT2D eigenvalue weighted by molar-refractivity contribution is -0.147. The highest BCUT2D eigenvalue weighted by molar-refractivity contribution is 6.02. The zero-order valence-corrected chi connectivity index (χ0v) is 16.5. The molecule has 0 radical (unpaired) electrons. The predicted octanol–water partition coefficient (Wildman–Crippen LogP) is 3.04. The van der Waals surface area contributed by atoms with E-state index < -0.39 is 5.97 Å². The van der Waals surface area contributed by atoms with Crippen LogP contribution in [0.4, 0.5) is 0 Å². The molecule has 0 aliphatic carbocycles. The fourth-order valence-corrected chi connectivity index (χ4v) is 3.17. The Balaban J connectivity index is 1.29. The number of fused-ring (bicyclic) bond motifs is 1. The average Bonchev–Trinajstić information content (AvgIpc) is 3.16. The van der Waals surface area contributed by atoms with Crippen LogP contribution in [-0.2, 0) is 14.3 Å². The molecular weight excluding hydrogens is 384 g/mol. The van der Waals surface area contributed by atoms with Gasteiger partial charge in [0, 0.05) is 18.9 Å². The molecule has 0 aromatic heterocycles. The molecule has 2 aromatic rings. The zero-order valence-electron chi connectivity index (χ0n) is 16.5. The minimum Gasteiger partial charge on any atom is -0.490 e. The molecule has 7 heteroatoms. The summed E-state index contributed by atoms with van der Waals surface area (Å²) in [5, 5.41) is 5.69. The molecule has 0 spiro atoms. The Morgan fingerprint density at radius 3 is 2.70 bits per heavy atom. The maximum Gasteiger partial charge on any atom is 0.331 e. The highest BCUT2D eigenvalue weighted by Crippen LogP contribution is 2.30. The Morgan fingerprint density at radius 2 is 1.87 bits per heavy atom. The van der Waals surface area contributed by atoms with E-state index in [2.05, 4.69) is 5.10 Å². The molecule has 0 fully saturated rings. The summed E-state index contributed by atoms with van der Waals surface area (Å²) in [7, 11) is 0. The molecule has 0 bridgehead atoms.